The Morgan fingerprint density at radius 1 is 1.19 bits per heavy atom. The van der Waals surface area contributed by atoms with Crippen molar-refractivity contribution in [2.75, 3.05) is 13.1 Å². The van der Waals surface area contributed by atoms with Crippen LogP contribution in [0.3, 0.4) is 0 Å². The summed E-state index contributed by atoms with van der Waals surface area (Å²) in [5.74, 6) is 0. The van der Waals surface area contributed by atoms with Gasteiger partial charge in [0.1, 0.15) is 12.2 Å². The molecular formula is C18H35N3O5S. The lowest BCUT2D eigenvalue weighted by molar-refractivity contribution is -0.0703. The SMILES string of the molecule is CCNC(=S)NC(CNC1/C=C\CCC(O)C(O)C1O)C(O)CC(O)CC. The van der Waals surface area contributed by atoms with Crippen LogP contribution < -0.4 is 16.0 Å². The molecule has 0 aromatic heterocycles. The molecule has 0 aliphatic heterocycles. The van der Waals surface area contributed by atoms with E-state index in [4.69, 9.17) is 12.2 Å². The van der Waals surface area contributed by atoms with E-state index in [0.29, 0.717) is 30.9 Å². The van der Waals surface area contributed by atoms with Crippen LogP contribution >= 0.6 is 12.2 Å². The zero-order valence-corrected chi connectivity index (χ0v) is 16.9. The molecule has 1 aliphatic carbocycles. The fourth-order valence-corrected chi connectivity index (χ4v) is 3.25. The van der Waals surface area contributed by atoms with Gasteiger partial charge in [0, 0.05) is 19.5 Å². The van der Waals surface area contributed by atoms with Gasteiger partial charge in [-0.3, -0.25) is 0 Å². The number of hydrogen-bond donors (Lipinski definition) is 8. The maximum Gasteiger partial charge on any atom is 0.166 e. The molecule has 8 N–H and O–H groups in total. The van der Waals surface area contributed by atoms with E-state index >= 15 is 0 Å². The van der Waals surface area contributed by atoms with Crippen LogP contribution in [0.4, 0.5) is 0 Å². The van der Waals surface area contributed by atoms with Gasteiger partial charge in [-0.15, -0.1) is 0 Å². The highest BCUT2D eigenvalue weighted by Gasteiger charge is 2.32. The standard InChI is InChI=1S/C18H35N3O5S/c1-3-11(22)9-15(24)13(21-18(27)19-4-2)10-20-12-7-5-6-8-14(23)17(26)16(12)25/h5,7,11-17,20,22-26H,3-4,6,8-10H2,1-2H3,(H2,19,21,27)/b7-5-. The van der Waals surface area contributed by atoms with E-state index < -0.39 is 42.6 Å². The van der Waals surface area contributed by atoms with Crippen molar-refractivity contribution < 1.29 is 25.5 Å². The Bertz CT molecular complexity index is 468. The van der Waals surface area contributed by atoms with Crippen molar-refractivity contribution in [3.8, 4) is 0 Å². The second-order valence-electron chi connectivity index (χ2n) is 6.96. The van der Waals surface area contributed by atoms with Gasteiger partial charge in [-0.25, -0.2) is 0 Å². The monoisotopic (exact) mass is 405 g/mol. The van der Waals surface area contributed by atoms with Crippen LogP contribution in [0.15, 0.2) is 12.2 Å². The Morgan fingerprint density at radius 2 is 1.89 bits per heavy atom. The van der Waals surface area contributed by atoms with Crippen molar-refractivity contribution in [2.45, 2.75) is 82.1 Å². The molecule has 0 fully saturated rings. The third-order valence-electron chi connectivity index (χ3n) is 4.76. The summed E-state index contributed by atoms with van der Waals surface area (Å²) in [7, 11) is 0. The molecule has 0 radical (unpaired) electrons. The zero-order chi connectivity index (χ0) is 20.4. The second kappa shape index (κ2) is 12.6. The van der Waals surface area contributed by atoms with Crippen molar-refractivity contribution in [3.05, 3.63) is 12.2 Å². The number of nitrogens with one attached hydrogen (secondary N) is 3. The molecule has 0 spiro atoms. The number of aliphatic hydroxyl groups excluding tert-OH is 5. The molecule has 0 amide bonds. The first-order chi connectivity index (χ1) is 12.8. The summed E-state index contributed by atoms with van der Waals surface area (Å²) in [6, 6.07) is -1.10. The Labute approximate surface area is 166 Å². The highest BCUT2D eigenvalue weighted by molar-refractivity contribution is 7.80. The average molecular weight is 406 g/mol. The Balaban J connectivity index is 2.77. The van der Waals surface area contributed by atoms with Gasteiger partial charge in [0.05, 0.1) is 30.4 Å². The summed E-state index contributed by atoms with van der Waals surface area (Å²) >= 11 is 5.20. The molecule has 1 rings (SSSR count). The Hall–Kier alpha value is -0.810. The van der Waals surface area contributed by atoms with E-state index in [1.807, 2.05) is 19.9 Å². The summed E-state index contributed by atoms with van der Waals surface area (Å²) < 4.78 is 0. The Morgan fingerprint density at radius 3 is 2.52 bits per heavy atom. The minimum Gasteiger partial charge on any atom is -0.393 e. The molecule has 8 nitrogen and oxygen atoms in total. The lowest BCUT2D eigenvalue weighted by Gasteiger charge is -2.33. The average Bonchev–Trinajstić information content (AvgIpc) is 2.64. The van der Waals surface area contributed by atoms with Crippen LogP contribution in [0.2, 0.25) is 0 Å². The Kier molecular flexibility index (Phi) is 11.3. The molecule has 0 bridgehead atoms. The number of hydrogen-bond acceptors (Lipinski definition) is 7. The van der Waals surface area contributed by atoms with E-state index in [0.717, 1.165) is 0 Å². The van der Waals surface area contributed by atoms with Crippen molar-refractivity contribution in [3.63, 3.8) is 0 Å². The smallest absolute Gasteiger partial charge is 0.166 e. The molecule has 7 unspecified atom stereocenters. The van der Waals surface area contributed by atoms with Crippen LogP contribution in [-0.2, 0) is 0 Å². The number of thiocarbonyl (C=S) groups is 1. The largest absolute Gasteiger partial charge is 0.393 e. The molecule has 1 aliphatic rings. The first-order valence-corrected chi connectivity index (χ1v) is 10.1. The molecule has 0 saturated carbocycles. The summed E-state index contributed by atoms with van der Waals surface area (Å²) in [4.78, 5) is 0. The van der Waals surface area contributed by atoms with Crippen molar-refractivity contribution >= 4 is 17.3 Å². The second-order valence-corrected chi connectivity index (χ2v) is 7.37. The number of rotatable bonds is 9. The third kappa shape index (κ3) is 8.39. The predicted octanol–water partition coefficient (Wildman–Crippen LogP) is -1.25. The first kappa shape index (κ1) is 24.2. The van der Waals surface area contributed by atoms with E-state index in [1.165, 1.54) is 0 Å². The molecule has 27 heavy (non-hydrogen) atoms. The fraction of sp³-hybridized carbons (Fsp3) is 0.833. The quantitative estimate of drug-likeness (QED) is 0.175. The molecule has 0 aromatic carbocycles. The third-order valence-corrected chi connectivity index (χ3v) is 5.02. The highest BCUT2D eigenvalue weighted by atomic mass is 32.1. The van der Waals surface area contributed by atoms with Crippen LogP contribution in [0.5, 0.6) is 0 Å². The van der Waals surface area contributed by atoms with Gasteiger partial charge in [0.25, 0.3) is 0 Å². The zero-order valence-electron chi connectivity index (χ0n) is 16.1. The van der Waals surface area contributed by atoms with Gasteiger partial charge < -0.3 is 41.5 Å². The summed E-state index contributed by atoms with van der Waals surface area (Å²) in [6.07, 6.45) is 0.385. The molecule has 7 atom stereocenters. The van der Waals surface area contributed by atoms with E-state index in [1.54, 1.807) is 6.08 Å². The van der Waals surface area contributed by atoms with Gasteiger partial charge >= 0.3 is 0 Å². The number of aliphatic hydroxyl groups is 5. The fourth-order valence-electron chi connectivity index (χ4n) is 2.96. The van der Waals surface area contributed by atoms with Gasteiger partial charge in [-0.2, -0.15) is 0 Å². The summed E-state index contributed by atoms with van der Waals surface area (Å²) in [5.41, 5.74) is 0. The van der Waals surface area contributed by atoms with Gasteiger partial charge in [0.2, 0.25) is 0 Å². The van der Waals surface area contributed by atoms with Gasteiger partial charge in [0.15, 0.2) is 5.11 Å². The van der Waals surface area contributed by atoms with Crippen LogP contribution in [-0.4, -0.2) is 86.3 Å². The molecule has 0 heterocycles. The molecule has 0 saturated heterocycles. The van der Waals surface area contributed by atoms with E-state index in [2.05, 4.69) is 16.0 Å². The summed E-state index contributed by atoms with van der Waals surface area (Å²) in [6.45, 7) is 4.61. The molecule has 158 valence electrons. The van der Waals surface area contributed by atoms with E-state index in [-0.39, 0.29) is 13.0 Å². The first-order valence-electron chi connectivity index (χ1n) is 9.64. The van der Waals surface area contributed by atoms with E-state index in [9.17, 15) is 25.5 Å². The minimum absolute atomic E-state index is 0.189. The van der Waals surface area contributed by atoms with Crippen LogP contribution in [0, 0.1) is 0 Å². The van der Waals surface area contributed by atoms with Crippen molar-refractivity contribution in [1.29, 1.82) is 0 Å². The highest BCUT2D eigenvalue weighted by Crippen LogP contribution is 2.15. The van der Waals surface area contributed by atoms with Gasteiger partial charge in [-0.1, -0.05) is 19.1 Å². The molecule has 9 heteroatoms. The molecular weight excluding hydrogens is 370 g/mol. The lowest BCUT2D eigenvalue weighted by Crippen LogP contribution is -2.57. The normalized spacial score (nSPS) is 30.5. The molecule has 0 aromatic rings. The maximum atomic E-state index is 10.5. The maximum absolute atomic E-state index is 10.5. The summed E-state index contributed by atoms with van der Waals surface area (Å²) in [5, 5.41) is 60.1. The number of allylic oxidation sites excluding steroid dienone is 1. The van der Waals surface area contributed by atoms with Gasteiger partial charge in [-0.05, 0) is 38.4 Å². The van der Waals surface area contributed by atoms with Crippen LogP contribution in [0.25, 0.3) is 0 Å². The lowest BCUT2D eigenvalue weighted by atomic mass is 9.94. The van der Waals surface area contributed by atoms with Crippen molar-refractivity contribution in [1.82, 2.24) is 16.0 Å². The van der Waals surface area contributed by atoms with Crippen molar-refractivity contribution in [2.24, 2.45) is 0 Å². The minimum atomic E-state index is -1.26. The topological polar surface area (TPSA) is 137 Å². The predicted molar refractivity (Wildman–Crippen MR) is 108 cm³/mol. The van der Waals surface area contributed by atoms with Crippen LogP contribution in [0.1, 0.15) is 39.5 Å².